The van der Waals surface area contributed by atoms with Crippen molar-refractivity contribution in [3.63, 3.8) is 0 Å². The molecule has 0 unspecified atom stereocenters. The molecule has 0 aliphatic carbocycles. The molecule has 160 valence electrons. The molecule has 1 saturated heterocycles. The van der Waals surface area contributed by atoms with Crippen LogP contribution in [0.1, 0.15) is 22.6 Å². The minimum Gasteiger partial charge on any atom is -0.346 e. The fraction of sp³-hybridized carbons (Fsp3) is 0.333. The molecule has 0 amide bonds. The molecule has 4 heterocycles. The number of anilines is 1. The quantitative estimate of drug-likeness (QED) is 0.498. The number of thiazole rings is 1. The molecular formula is C21H22ClN7OS. The fourth-order valence-corrected chi connectivity index (χ4v) is 4.81. The molecular weight excluding hydrogens is 434 g/mol. The predicted molar refractivity (Wildman–Crippen MR) is 122 cm³/mol. The van der Waals surface area contributed by atoms with Crippen molar-refractivity contribution in [2.24, 2.45) is 0 Å². The third kappa shape index (κ3) is 4.21. The lowest BCUT2D eigenvalue weighted by Crippen LogP contribution is -2.46. The van der Waals surface area contributed by atoms with Crippen molar-refractivity contribution in [3.8, 4) is 0 Å². The fourth-order valence-electron chi connectivity index (χ4n) is 3.90. The lowest BCUT2D eigenvalue weighted by atomic mass is 10.1. The van der Waals surface area contributed by atoms with Crippen LogP contribution in [-0.4, -0.2) is 55.6 Å². The van der Waals surface area contributed by atoms with Gasteiger partial charge in [0.05, 0.1) is 6.54 Å². The van der Waals surface area contributed by atoms with Gasteiger partial charge in [-0.05, 0) is 24.6 Å². The number of hydrogen-bond donors (Lipinski definition) is 1. The zero-order chi connectivity index (χ0) is 21.4. The Morgan fingerprint density at radius 3 is 2.81 bits per heavy atom. The third-order valence-corrected chi connectivity index (χ3v) is 6.62. The highest BCUT2D eigenvalue weighted by atomic mass is 35.5. The summed E-state index contributed by atoms with van der Waals surface area (Å²) < 4.78 is 1.38. The second-order valence-corrected chi connectivity index (χ2v) is 8.99. The second kappa shape index (κ2) is 8.41. The lowest BCUT2D eigenvalue weighted by molar-refractivity contribution is 0.244. The number of hydrogen-bond acceptors (Lipinski definition) is 7. The third-order valence-electron chi connectivity index (χ3n) is 5.55. The molecule has 8 nitrogen and oxygen atoms in total. The maximum atomic E-state index is 13.1. The van der Waals surface area contributed by atoms with Gasteiger partial charge in [-0.3, -0.25) is 9.69 Å². The van der Waals surface area contributed by atoms with Gasteiger partial charge in [0.2, 0.25) is 5.78 Å². The maximum absolute atomic E-state index is 13.1. The molecule has 1 fully saturated rings. The van der Waals surface area contributed by atoms with Gasteiger partial charge in [-0.15, -0.1) is 16.4 Å². The number of rotatable bonds is 5. The molecule has 0 spiro atoms. The zero-order valence-corrected chi connectivity index (χ0v) is 18.7. The zero-order valence-electron chi connectivity index (χ0n) is 17.1. The van der Waals surface area contributed by atoms with Crippen molar-refractivity contribution >= 4 is 33.8 Å². The molecule has 0 radical (unpaired) electrons. The second-order valence-electron chi connectivity index (χ2n) is 7.68. The number of fused-ring (bicyclic) bond motifs is 1. The Kier molecular flexibility index (Phi) is 5.47. The molecule has 1 aromatic carbocycles. The van der Waals surface area contributed by atoms with E-state index in [1.807, 2.05) is 42.8 Å². The summed E-state index contributed by atoms with van der Waals surface area (Å²) in [6.07, 6.45) is 2.33. The number of aromatic amines is 1. The van der Waals surface area contributed by atoms with Crippen molar-refractivity contribution in [2.75, 3.05) is 31.1 Å². The number of benzene rings is 1. The molecule has 1 aliphatic heterocycles. The number of aromatic nitrogens is 5. The number of H-pyrrole nitrogens is 1. The first-order valence-corrected chi connectivity index (χ1v) is 11.4. The van der Waals surface area contributed by atoms with E-state index in [0.29, 0.717) is 35.2 Å². The summed E-state index contributed by atoms with van der Waals surface area (Å²) >= 11 is 7.76. The van der Waals surface area contributed by atoms with Gasteiger partial charge in [0.15, 0.2) is 11.0 Å². The smallest absolute Gasteiger partial charge is 0.279 e. The summed E-state index contributed by atoms with van der Waals surface area (Å²) in [4.78, 5) is 29.9. The summed E-state index contributed by atoms with van der Waals surface area (Å²) in [6.45, 7) is 6.16. The molecule has 5 rings (SSSR count). The predicted octanol–water partition coefficient (Wildman–Crippen LogP) is 2.75. The van der Waals surface area contributed by atoms with Gasteiger partial charge < -0.3 is 9.88 Å². The van der Waals surface area contributed by atoms with E-state index in [1.54, 1.807) is 11.3 Å². The Morgan fingerprint density at radius 2 is 2.06 bits per heavy atom. The van der Waals surface area contributed by atoms with E-state index in [9.17, 15) is 4.79 Å². The number of nitrogens with zero attached hydrogens (tertiary/aromatic N) is 6. The van der Waals surface area contributed by atoms with Crippen molar-refractivity contribution in [1.29, 1.82) is 0 Å². The highest BCUT2D eigenvalue weighted by Crippen LogP contribution is 2.19. The monoisotopic (exact) mass is 455 g/mol. The van der Waals surface area contributed by atoms with Crippen LogP contribution in [-0.2, 0) is 13.0 Å². The van der Waals surface area contributed by atoms with Crippen molar-refractivity contribution in [2.45, 2.75) is 19.9 Å². The first-order chi connectivity index (χ1) is 15.1. The maximum Gasteiger partial charge on any atom is 0.279 e. The molecule has 0 saturated carbocycles. The molecule has 4 aromatic rings. The molecule has 0 atom stereocenters. The summed E-state index contributed by atoms with van der Waals surface area (Å²) in [5, 5.41) is 8.23. The molecule has 31 heavy (non-hydrogen) atoms. The Bertz CT molecular complexity index is 1260. The Morgan fingerprint density at radius 1 is 1.23 bits per heavy atom. The first-order valence-electron chi connectivity index (χ1n) is 10.2. The van der Waals surface area contributed by atoms with E-state index in [-0.39, 0.29) is 5.56 Å². The van der Waals surface area contributed by atoms with Gasteiger partial charge in [0.25, 0.3) is 5.56 Å². The van der Waals surface area contributed by atoms with Crippen LogP contribution >= 0.6 is 22.9 Å². The highest BCUT2D eigenvalue weighted by Gasteiger charge is 2.21. The van der Waals surface area contributed by atoms with Crippen LogP contribution in [0.25, 0.3) is 5.78 Å². The van der Waals surface area contributed by atoms with Crippen LogP contribution in [0.3, 0.4) is 0 Å². The van der Waals surface area contributed by atoms with E-state index in [1.165, 1.54) is 4.52 Å². The Hall–Kier alpha value is -2.75. The summed E-state index contributed by atoms with van der Waals surface area (Å²) in [7, 11) is 0. The average Bonchev–Trinajstić information content (AvgIpc) is 3.42. The SMILES string of the molecule is Cc1[nH]c2nc(CN3CCN(c4nccs4)CC3)nn2c(=O)c1Cc1cccc(Cl)c1. The first kappa shape index (κ1) is 20.2. The molecule has 3 aromatic heterocycles. The van der Waals surface area contributed by atoms with Crippen molar-refractivity contribution < 1.29 is 0 Å². The van der Waals surface area contributed by atoms with Crippen molar-refractivity contribution in [1.82, 2.24) is 29.5 Å². The van der Waals surface area contributed by atoms with Crippen LogP contribution in [0.5, 0.6) is 0 Å². The standard InChI is InChI=1S/C21H22ClN7OS/c1-14-17(12-15-3-2-4-16(22)11-15)19(30)29-20(24-14)25-18(26-29)13-27-6-8-28(9-7-27)21-23-5-10-31-21/h2-5,10-11H,6-9,12-13H2,1H3,(H,24,25,26). The number of nitrogens with one attached hydrogen (secondary N) is 1. The van der Waals surface area contributed by atoms with Crippen LogP contribution < -0.4 is 10.5 Å². The van der Waals surface area contributed by atoms with Gasteiger partial charge in [0, 0.05) is 60.5 Å². The minimum absolute atomic E-state index is 0.140. The van der Waals surface area contributed by atoms with E-state index < -0.39 is 0 Å². The molecule has 0 bridgehead atoms. The largest absolute Gasteiger partial charge is 0.346 e. The van der Waals surface area contributed by atoms with Gasteiger partial charge in [0.1, 0.15) is 0 Å². The molecule has 10 heteroatoms. The van der Waals surface area contributed by atoms with Gasteiger partial charge in [-0.2, -0.15) is 9.50 Å². The van der Waals surface area contributed by atoms with E-state index >= 15 is 0 Å². The normalized spacial score (nSPS) is 15.1. The van der Waals surface area contributed by atoms with Gasteiger partial charge >= 0.3 is 0 Å². The summed E-state index contributed by atoms with van der Waals surface area (Å²) in [6, 6.07) is 7.56. The van der Waals surface area contributed by atoms with Crippen molar-refractivity contribution in [3.05, 3.63) is 73.9 Å². The summed E-state index contributed by atoms with van der Waals surface area (Å²) in [5.74, 6) is 1.13. The van der Waals surface area contributed by atoms with Crippen LogP contribution in [0.2, 0.25) is 5.02 Å². The topological polar surface area (TPSA) is 82.4 Å². The number of halogens is 1. The van der Waals surface area contributed by atoms with Gasteiger partial charge in [-0.25, -0.2) is 4.98 Å². The molecule has 1 aliphatic rings. The summed E-state index contributed by atoms with van der Waals surface area (Å²) in [5.41, 5.74) is 2.31. The van der Waals surface area contributed by atoms with Crippen LogP contribution in [0, 0.1) is 6.92 Å². The lowest BCUT2D eigenvalue weighted by Gasteiger charge is -2.33. The molecule has 1 N–H and O–H groups in total. The Balaban J connectivity index is 1.33. The van der Waals surface area contributed by atoms with Crippen LogP contribution in [0.4, 0.5) is 5.13 Å². The minimum atomic E-state index is -0.140. The average molecular weight is 456 g/mol. The van der Waals surface area contributed by atoms with E-state index in [0.717, 1.165) is 42.6 Å². The van der Waals surface area contributed by atoms with Gasteiger partial charge in [-0.1, -0.05) is 23.7 Å². The van der Waals surface area contributed by atoms with E-state index in [2.05, 4.69) is 29.9 Å². The Labute approximate surface area is 188 Å². The highest BCUT2D eigenvalue weighted by molar-refractivity contribution is 7.13. The van der Waals surface area contributed by atoms with E-state index in [4.69, 9.17) is 11.6 Å². The number of piperazine rings is 1. The van der Waals surface area contributed by atoms with Crippen LogP contribution in [0.15, 0.2) is 40.6 Å². The number of aryl methyl sites for hydroxylation is 1.